The highest BCUT2D eigenvalue weighted by atomic mass is 16.3. The lowest BCUT2D eigenvalue weighted by Gasteiger charge is -2.22. The minimum Gasteiger partial charge on any atom is -0.396 e. The quantitative estimate of drug-likeness (QED) is 0.849. The van der Waals surface area contributed by atoms with E-state index < -0.39 is 0 Å². The summed E-state index contributed by atoms with van der Waals surface area (Å²) in [6, 6.07) is 10.2. The molecule has 0 aliphatic carbocycles. The minimum atomic E-state index is -0.105. The fraction of sp³-hybridized carbons (Fsp3) is 0.438. The molecule has 0 unspecified atom stereocenters. The van der Waals surface area contributed by atoms with Gasteiger partial charge in [0.15, 0.2) is 0 Å². The lowest BCUT2D eigenvalue weighted by molar-refractivity contribution is 0.156. The van der Waals surface area contributed by atoms with Gasteiger partial charge in [-0.1, -0.05) is 32.0 Å². The number of nitrogens with zero attached hydrogens (tertiary/aromatic N) is 2. The van der Waals surface area contributed by atoms with E-state index in [0.29, 0.717) is 0 Å². The van der Waals surface area contributed by atoms with Gasteiger partial charge in [0, 0.05) is 30.8 Å². The van der Waals surface area contributed by atoms with Crippen molar-refractivity contribution in [3.05, 3.63) is 48.0 Å². The minimum absolute atomic E-state index is 0.105. The van der Waals surface area contributed by atoms with Gasteiger partial charge >= 0.3 is 0 Å². The van der Waals surface area contributed by atoms with Crippen molar-refractivity contribution in [2.75, 3.05) is 13.2 Å². The Labute approximate surface area is 120 Å². The number of hydrogen-bond acceptors (Lipinski definition) is 3. The van der Waals surface area contributed by atoms with Gasteiger partial charge < -0.3 is 10.4 Å². The first-order valence-corrected chi connectivity index (χ1v) is 6.94. The molecule has 0 aliphatic rings. The number of para-hydroxylation sites is 1. The summed E-state index contributed by atoms with van der Waals surface area (Å²) in [6.45, 7) is 7.77. The van der Waals surface area contributed by atoms with Crippen molar-refractivity contribution in [1.82, 2.24) is 14.9 Å². The first-order chi connectivity index (χ1) is 9.53. The Balaban J connectivity index is 2.11. The van der Waals surface area contributed by atoms with Gasteiger partial charge in [0.05, 0.1) is 11.9 Å². The standard InChI is InChI=1S/C16H23N3O/c1-13-18-10-15(9-17-11-16(2,3)12-20)19(13)14-7-5-4-6-8-14/h4-8,10,17,20H,9,11-12H2,1-3H3. The van der Waals surface area contributed by atoms with Crippen molar-refractivity contribution in [3.8, 4) is 5.69 Å². The lowest BCUT2D eigenvalue weighted by atomic mass is 9.95. The molecule has 20 heavy (non-hydrogen) atoms. The predicted octanol–water partition coefficient (Wildman–Crippen LogP) is 2.29. The molecule has 4 heteroatoms. The molecule has 2 N–H and O–H groups in total. The van der Waals surface area contributed by atoms with Crippen LogP contribution in [-0.2, 0) is 6.54 Å². The van der Waals surface area contributed by atoms with Gasteiger partial charge in [-0.15, -0.1) is 0 Å². The van der Waals surface area contributed by atoms with E-state index in [-0.39, 0.29) is 12.0 Å². The summed E-state index contributed by atoms with van der Waals surface area (Å²) < 4.78 is 2.15. The third-order valence-corrected chi connectivity index (χ3v) is 3.36. The van der Waals surface area contributed by atoms with Crippen molar-refractivity contribution >= 4 is 0 Å². The maximum absolute atomic E-state index is 9.27. The van der Waals surface area contributed by atoms with Crippen molar-refractivity contribution in [2.24, 2.45) is 5.41 Å². The third-order valence-electron chi connectivity index (χ3n) is 3.36. The smallest absolute Gasteiger partial charge is 0.110 e. The first-order valence-electron chi connectivity index (χ1n) is 6.94. The van der Waals surface area contributed by atoms with Crippen LogP contribution in [0.5, 0.6) is 0 Å². The zero-order valence-corrected chi connectivity index (χ0v) is 12.4. The Morgan fingerprint density at radius 2 is 1.95 bits per heavy atom. The molecule has 1 aromatic heterocycles. The number of aliphatic hydroxyl groups is 1. The number of imidazole rings is 1. The molecule has 0 saturated heterocycles. The molecule has 1 heterocycles. The van der Waals surface area contributed by atoms with Crippen molar-refractivity contribution in [2.45, 2.75) is 27.3 Å². The van der Waals surface area contributed by atoms with Crippen molar-refractivity contribution in [1.29, 1.82) is 0 Å². The molecule has 0 saturated carbocycles. The van der Waals surface area contributed by atoms with Crippen LogP contribution in [0.25, 0.3) is 5.69 Å². The van der Waals surface area contributed by atoms with Crippen molar-refractivity contribution < 1.29 is 5.11 Å². The van der Waals surface area contributed by atoms with E-state index in [2.05, 4.69) is 27.0 Å². The van der Waals surface area contributed by atoms with Gasteiger partial charge in [0.1, 0.15) is 5.82 Å². The molecule has 4 nitrogen and oxygen atoms in total. The number of rotatable bonds is 6. The van der Waals surface area contributed by atoms with Crippen LogP contribution < -0.4 is 5.32 Å². The van der Waals surface area contributed by atoms with Gasteiger partial charge in [0.2, 0.25) is 0 Å². The number of hydrogen-bond donors (Lipinski definition) is 2. The largest absolute Gasteiger partial charge is 0.396 e. The van der Waals surface area contributed by atoms with Gasteiger partial charge in [-0.05, 0) is 19.1 Å². The maximum atomic E-state index is 9.27. The van der Waals surface area contributed by atoms with Crippen LogP contribution in [0, 0.1) is 12.3 Å². The highest BCUT2D eigenvalue weighted by Crippen LogP contribution is 2.15. The van der Waals surface area contributed by atoms with E-state index in [0.717, 1.165) is 30.3 Å². The van der Waals surface area contributed by atoms with Crippen LogP contribution >= 0.6 is 0 Å². The number of nitrogens with one attached hydrogen (secondary N) is 1. The van der Waals surface area contributed by atoms with Crippen LogP contribution in [0.1, 0.15) is 25.4 Å². The summed E-state index contributed by atoms with van der Waals surface area (Å²) in [4.78, 5) is 4.40. The molecule has 0 fully saturated rings. The molecule has 108 valence electrons. The second-order valence-corrected chi connectivity index (χ2v) is 5.89. The molecule has 2 rings (SSSR count). The first kappa shape index (κ1) is 14.8. The molecule has 0 bridgehead atoms. The van der Waals surface area contributed by atoms with E-state index in [1.165, 1.54) is 0 Å². The molecule has 0 radical (unpaired) electrons. The van der Waals surface area contributed by atoms with E-state index in [1.54, 1.807) is 0 Å². The van der Waals surface area contributed by atoms with E-state index in [4.69, 9.17) is 0 Å². The predicted molar refractivity (Wildman–Crippen MR) is 80.9 cm³/mol. The number of aromatic nitrogens is 2. The summed E-state index contributed by atoms with van der Waals surface area (Å²) in [5, 5.41) is 12.7. The topological polar surface area (TPSA) is 50.1 Å². The van der Waals surface area contributed by atoms with Gasteiger partial charge in [-0.25, -0.2) is 4.98 Å². The SMILES string of the molecule is Cc1ncc(CNCC(C)(C)CO)n1-c1ccccc1. The van der Waals surface area contributed by atoms with Gasteiger partial charge in [-0.3, -0.25) is 4.57 Å². The Morgan fingerprint density at radius 3 is 2.60 bits per heavy atom. The molecule has 2 aromatic rings. The molecule has 1 aromatic carbocycles. The van der Waals surface area contributed by atoms with E-state index in [1.807, 2.05) is 45.2 Å². The fourth-order valence-electron chi connectivity index (χ4n) is 2.13. The highest BCUT2D eigenvalue weighted by molar-refractivity contribution is 5.35. The Hall–Kier alpha value is -1.65. The summed E-state index contributed by atoms with van der Waals surface area (Å²) in [7, 11) is 0. The molecule has 0 atom stereocenters. The van der Waals surface area contributed by atoms with Crippen LogP contribution in [0.2, 0.25) is 0 Å². The Kier molecular flexibility index (Phi) is 4.57. The summed E-state index contributed by atoms with van der Waals surface area (Å²) in [6.07, 6.45) is 1.90. The van der Waals surface area contributed by atoms with Crippen LogP contribution in [-0.4, -0.2) is 27.8 Å². The zero-order valence-electron chi connectivity index (χ0n) is 12.4. The molecular weight excluding hydrogens is 250 g/mol. The average molecular weight is 273 g/mol. The molecular formula is C16H23N3O. The molecule has 0 amide bonds. The van der Waals surface area contributed by atoms with Gasteiger partial charge in [0.25, 0.3) is 0 Å². The molecule has 0 aliphatic heterocycles. The fourth-order valence-corrected chi connectivity index (χ4v) is 2.13. The van der Waals surface area contributed by atoms with Crippen LogP contribution in [0.15, 0.2) is 36.5 Å². The highest BCUT2D eigenvalue weighted by Gasteiger charge is 2.16. The summed E-state index contributed by atoms with van der Waals surface area (Å²) in [5.41, 5.74) is 2.15. The second-order valence-electron chi connectivity index (χ2n) is 5.89. The van der Waals surface area contributed by atoms with Crippen molar-refractivity contribution in [3.63, 3.8) is 0 Å². The number of aliphatic hydroxyl groups excluding tert-OH is 1. The zero-order chi connectivity index (χ0) is 14.6. The Morgan fingerprint density at radius 1 is 1.25 bits per heavy atom. The molecule has 0 spiro atoms. The Bertz CT molecular complexity index is 546. The summed E-state index contributed by atoms with van der Waals surface area (Å²) in [5.74, 6) is 0.981. The van der Waals surface area contributed by atoms with Crippen LogP contribution in [0.4, 0.5) is 0 Å². The van der Waals surface area contributed by atoms with Gasteiger partial charge in [-0.2, -0.15) is 0 Å². The average Bonchev–Trinajstić information content (AvgIpc) is 2.81. The normalized spacial score (nSPS) is 11.8. The van der Waals surface area contributed by atoms with E-state index in [9.17, 15) is 5.11 Å². The third kappa shape index (κ3) is 3.46. The van der Waals surface area contributed by atoms with E-state index >= 15 is 0 Å². The second kappa shape index (κ2) is 6.20. The maximum Gasteiger partial charge on any atom is 0.110 e. The summed E-state index contributed by atoms with van der Waals surface area (Å²) >= 11 is 0. The lowest BCUT2D eigenvalue weighted by Crippen LogP contribution is -2.32. The van der Waals surface area contributed by atoms with Crippen LogP contribution in [0.3, 0.4) is 0 Å². The monoisotopic (exact) mass is 273 g/mol. The number of benzene rings is 1. The number of aryl methyl sites for hydroxylation is 1.